The van der Waals surface area contributed by atoms with Crippen LogP contribution < -0.4 is 9.64 Å². The molecule has 1 N–H and O–H groups in total. The van der Waals surface area contributed by atoms with E-state index in [1.807, 2.05) is 19.3 Å². The fourth-order valence-electron chi connectivity index (χ4n) is 3.71. The predicted octanol–water partition coefficient (Wildman–Crippen LogP) is 3.31. The molecule has 7 nitrogen and oxygen atoms in total. The van der Waals surface area contributed by atoms with Gasteiger partial charge in [0, 0.05) is 25.4 Å². The Morgan fingerprint density at radius 1 is 1.29 bits per heavy atom. The Labute approximate surface area is 168 Å². The Bertz CT molecular complexity index is 1110. The van der Waals surface area contributed by atoms with Crippen molar-refractivity contribution in [1.82, 2.24) is 15.0 Å². The Morgan fingerprint density at radius 3 is 2.82 bits per heavy atom. The maximum Gasteiger partial charge on any atom is 0.180 e. The third kappa shape index (κ3) is 3.42. The smallest absolute Gasteiger partial charge is 0.180 e. The number of aromatic nitrogens is 3. The van der Waals surface area contributed by atoms with Gasteiger partial charge in [-0.25, -0.2) is 18.4 Å². The van der Waals surface area contributed by atoms with E-state index >= 15 is 0 Å². The molecule has 0 saturated heterocycles. The summed E-state index contributed by atoms with van der Waals surface area (Å²) in [5.41, 5.74) is 0.794. The van der Waals surface area contributed by atoms with Crippen LogP contribution in [0.1, 0.15) is 12.8 Å². The van der Waals surface area contributed by atoms with Crippen molar-refractivity contribution in [2.24, 2.45) is 5.92 Å². The van der Waals surface area contributed by atoms with Crippen LogP contribution in [0.5, 0.6) is 5.75 Å². The minimum absolute atomic E-state index is 0.0770. The zero-order valence-electron chi connectivity index (χ0n) is 15.6. The minimum atomic E-state index is -3.48. The molecule has 2 aromatic heterocycles. The molecule has 4 rings (SSSR count). The third-order valence-corrected chi connectivity index (χ3v) is 7.71. The third-order valence-electron chi connectivity index (χ3n) is 5.35. The number of hydrogen-bond donors (Lipinski definition) is 1. The number of hydrogen-bond acceptors (Lipinski definition) is 6. The summed E-state index contributed by atoms with van der Waals surface area (Å²) in [5, 5.41) is 1.19. The molecule has 0 atom stereocenters. The molecule has 2 heterocycles. The molecule has 0 amide bonds. The number of sulfone groups is 1. The largest absolute Gasteiger partial charge is 0.497 e. The second kappa shape index (κ2) is 7.25. The number of rotatable bonds is 6. The Morgan fingerprint density at radius 2 is 2.07 bits per heavy atom. The highest BCUT2D eigenvalue weighted by Crippen LogP contribution is 2.37. The van der Waals surface area contributed by atoms with Gasteiger partial charge in [-0.2, -0.15) is 0 Å². The van der Waals surface area contributed by atoms with E-state index in [1.54, 1.807) is 12.1 Å². The second-order valence-corrected chi connectivity index (χ2v) is 9.53. The van der Waals surface area contributed by atoms with Crippen LogP contribution in [0.25, 0.3) is 11.0 Å². The normalized spacial score (nSPS) is 19.4. The van der Waals surface area contributed by atoms with E-state index in [4.69, 9.17) is 16.3 Å². The number of ether oxygens (including phenoxy) is 1. The Balaban J connectivity index is 1.45. The minimum Gasteiger partial charge on any atom is -0.497 e. The van der Waals surface area contributed by atoms with E-state index in [9.17, 15) is 8.42 Å². The fourth-order valence-corrected chi connectivity index (χ4v) is 5.92. The van der Waals surface area contributed by atoms with E-state index in [1.165, 1.54) is 19.5 Å². The lowest BCUT2D eigenvalue weighted by molar-refractivity contribution is 0.282. The molecule has 1 fully saturated rings. The number of H-pyrrole nitrogens is 1. The predicted molar refractivity (Wildman–Crippen MR) is 109 cm³/mol. The second-order valence-electron chi connectivity index (χ2n) is 7.12. The number of halogens is 1. The molecular formula is C19H21ClN4O3S. The van der Waals surface area contributed by atoms with Crippen molar-refractivity contribution in [3.05, 3.63) is 41.8 Å². The Hall–Kier alpha value is -2.32. The lowest BCUT2D eigenvalue weighted by atomic mass is 9.81. The van der Waals surface area contributed by atoms with Crippen molar-refractivity contribution in [2.75, 3.05) is 24.8 Å². The van der Waals surface area contributed by atoms with Gasteiger partial charge in [0.2, 0.25) is 0 Å². The van der Waals surface area contributed by atoms with Crippen molar-refractivity contribution in [2.45, 2.75) is 23.8 Å². The average molecular weight is 421 g/mol. The van der Waals surface area contributed by atoms with Gasteiger partial charge >= 0.3 is 0 Å². The summed E-state index contributed by atoms with van der Waals surface area (Å²) in [6.45, 7) is 0. The van der Waals surface area contributed by atoms with Crippen LogP contribution in [-0.4, -0.2) is 49.3 Å². The van der Waals surface area contributed by atoms with Crippen LogP contribution in [0.4, 0.5) is 5.82 Å². The summed E-state index contributed by atoms with van der Waals surface area (Å²) in [6.07, 6.45) is 4.95. The van der Waals surface area contributed by atoms with Crippen molar-refractivity contribution >= 4 is 38.3 Å². The van der Waals surface area contributed by atoms with E-state index < -0.39 is 9.84 Å². The summed E-state index contributed by atoms with van der Waals surface area (Å²) in [7, 11) is 0.00557. The lowest BCUT2D eigenvalue weighted by Crippen LogP contribution is -2.45. The molecule has 0 bridgehead atoms. The number of nitrogens with zero attached hydrogens (tertiary/aromatic N) is 3. The highest BCUT2D eigenvalue weighted by Gasteiger charge is 2.37. The molecular weight excluding hydrogens is 400 g/mol. The maximum absolute atomic E-state index is 12.8. The molecule has 1 aromatic carbocycles. The van der Waals surface area contributed by atoms with Crippen LogP contribution in [0, 0.1) is 5.92 Å². The zero-order chi connectivity index (χ0) is 19.9. The molecule has 0 unspecified atom stereocenters. The highest BCUT2D eigenvalue weighted by molar-refractivity contribution is 7.91. The monoisotopic (exact) mass is 420 g/mol. The van der Waals surface area contributed by atoms with E-state index in [0.29, 0.717) is 5.75 Å². The van der Waals surface area contributed by atoms with Gasteiger partial charge in [-0.3, -0.25) is 0 Å². The summed E-state index contributed by atoms with van der Waals surface area (Å²) in [6, 6.07) is 6.89. The molecule has 9 heteroatoms. The molecule has 0 spiro atoms. The van der Waals surface area contributed by atoms with Crippen molar-refractivity contribution in [1.29, 1.82) is 0 Å². The van der Waals surface area contributed by atoms with Gasteiger partial charge in [0.05, 0.1) is 28.2 Å². The van der Waals surface area contributed by atoms with Gasteiger partial charge in [0.25, 0.3) is 0 Å². The summed E-state index contributed by atoms with van der Waals surface area (Å²) >= 11 is 6.13. The summed E-state index contributed by atoms with van der Waals surface area (Å²) < 4.78 is 30.8. The van der Waals surface area contributed by atoms with Gasteiger partial charge < -0.3 is 14.6 Å². The topological polar surface area (TPSA) is 88.2 Å². The SMILES string of the molecule is COc1ccc(Cl)c(S(=O)(=O)CC2CC(N(C)c3ncnc4[nH]ccc34)C2)c1. The first kappa shape index (κ1) is 19.0. The van der Waals surface area contributed by atoms with E-state index in [-0.39, 0.29) is 27.6 Å². The Kier molecular flexibility index (Phi) is 4.93. The first-order valence-electron chi connectivity index (χ1n) is 8.96. The van der Waals surface area contributed by atoms with E-state index in [2.05, 4.69) is 19.9 Å². The van der Waals surface area contributed by atoms with Gasteiger partial charge in [0.1, 0.15) is 23.5 Å². The van der Waals surface area contributed by atoms with Gasteiger partial charge in [0.15, 0.2) is 9.84 Å². The first-order chi connectivity index (χ1) is 13.4. The molecule has 0 aliphatic heterocycles. The number of nitrogens with one attached hydrogen (secondary N) is 1. The maximum atomic E-state index is 12.8. The zero-order valence-corrected chi connectivity index (χ0v) is 17.2. The van der Waals surface area contributed by atoms with Gasteiger partial charge in [-0.05, 0) is 37.0 Å². The van der Waals surface area contributed by atoms with Gasteiger partial charge in [-0.1, -0.05) is 11.6 Å². The van der Waals surface area contributed by atoms with Crippen LogP contribution in [0.15, 0.2) is 41.7 Å². The molecule has 1 saturated carbocycles. The van der Waals surface area contributed by atoms with Gasteiger partial charge in [-0.15, -0.1) is 0 Å². The highest BCUT2D eigenvalue weighted by atomic mass is 35.5. The van der Waals surface area contributed by atoms with Crippen LogP contribution >= 0.6 is 11.6 Å². The number of fused-ring (bicyclic) bond motifs is 1. The molecule has 3 aromatic rings. The molecule has 1 aliphatic rings. The van der Waals surface area contributed by atoms with E-state index in [0.717, 1.165) is 29.7 Å². The lowest BCUT2D eigenvalue weighted by Gasteiger charge is -2.41. The number of methoxy groups -OCH3 is 1. The van der Waals surface area contributed by atoms with Crippen molar-refractivity contribution < 1.29 is 13.2 Å². The van der Waals surface area contributed by atoms with Crippen LogP contribution in [-0.2, 0) is 9.84 Å². The van der Waals surface area contributed by atoms with Crippen molar-refractivity contribution in [3.63, 3.8) is 0 Å². The standard InChI is InChI=1S/C19H21ClN4O3S/c1-24(19-15-5-6-21-18(15)22-11-23-19)13-7-12(8-13)10-28(25,26)17-9-14(27-2)3-4-16(17)20/h3-6,9,11-13H,7-8,10H2,1-2H3,(H,21,22,23). The van der Waals surface area contributed by atoms with Crippen molar-refractivity contribution in [3.8, 4) is 5.75 Å². The number of anilines is 1. The quantitative estimate of drug-likeness (QED) is 0.658. The average Bonchev–Trinajstić information content (AvgIpc) is 3.13. The van der Waals surface area contributed by atoms with Crippen LogP contribution in [0.3, 0.4) is 0 Å². The molecule has 148 valence electrons. The molecule has 1 aliphatic carbocycles. The summed E-state index contributed by atoms with van der Waals surface area (Å²) in [5.74, 6) is 1.50. The first-order valence-corrected chi connectivity index (χ1v) is 11.0. The molecule has 28 heavy (non-hydrogen) atoms. The summed E-state index contributed by atoms with van der Waals surface area (Å²) in [4.78, 5) is 13.9. The van der Waals surface area contributed by atoms with Crippen LogP contribution in [0.2, 0.25) is 5.02 Å². The fraction of sp³-hybridized carbons (Fsp3) is 0.368. The number of benzene rings is 1. The number of aromatic amines is 1. The molecule has 0 radical (unpaired) electrons.